The van der Waals surface area contributed by atoms with E-state index in [-0.39, 0.29) is 0 Å². The molecule has 0 saturated carbocycles. The minimum absolute atomic E-state index is 0.552. The van der Waals surface area contributed by atoms with Crippen LogP contribution in [0, 0.1) is 0 Å². The molecule has 0 aromatic heterocycles. The predicted octanol–water partition coefficient (Wildman–Crippen LogP) is 1.40. The van der Waals surface area contributed by atoms with Crippen LogP contribution in [0.3, 0.4) is 0 Å². The van der Waals surface area contributed by atoms with E-state index >= 15 is 0 Å². The van der Waals surface area contributed by atoms with Crippen molar-refractivity contribution >= 4 is 15.9 Å². The van der Waals surface area contributed by atoms with Gasteiger partial charge in [-0.1, -0.05) is 22.0 Å². The number of hydrogen-bond donors (Lipinski definition) is 2. The Morgan fingerprint density at radius 1 is 1.33 bits per heavy atom. The average Bonchev–Trinajstić information content (AvgIpc) is 2.28. The molecule has 0 unspecified atom stereocenters. The minimum Gasteiger partial charge on any atom is -0.390 e. The summed E-state index contributed by atoms with van der Waals surface area (Å²) in [7, 11) is 0. The van der Waals surface area contributed by atoms with E-state index in [1.54, 1.807) is 0 Å². The number of rotatable bonds is 0. The van der Waals surface area contributed by atoms with Crippen molar-refractivity contribution in [3.8, 4) is 0 Å². The van der Waals surface area contributed by atoms with Crippen LogP contribution in [0.25, 0.3) is 0 Å². The van der Waals surface area contributed by atoms with Gasteiger partial charge in [-0.15, -0.1) is 0 Å². The van der Waals surface area contributed by atoms with E-state index in [4.69, 9.17) is 0 Å². The summed E-state index contributed by atoms with van der Waals surface area (Å²) in [5, 5.41) is 18.8. The summed E-state index contributed by atoms with van der Waals surface area (Å²) in [5.41, 5.74) is 1.88. The van der Waals surface area contributed by atoms with Crippen molar-refractivity contribution in [3.05, 3.63) is 33.8 Å². The zero-order valence-corrected chi connectivity index (χ0v) is 7.95. The first-order valence-corrected chi connectivity index (χ1v) is 4.62. The summed E-state index contributed by atoms with van der Waals surface area (Å²) in [5.74, 6) is 0. The van der Waals surface area contributed by atoms with Gasteiger partial charge in [-0.05, 0) is 23.3 Å². The van der Waals surface area contributed by atoms with Gasteiger partial charge in [0.2, 0.25) is 0 Å². The van der Waals surface area contributed by atoms with Crippen molar-refractivity contribution in [1.29, 1.82) is 0 Å². The second-order valence-electron chi connectivity index (χ2n) is 3.06. The molecule has 0 heterocycles. The number of aliphatic hydroxyl groups is 2. The Bertz CT molecular complexity index is 311. The lowest BCUT2D eigenvalue weighted by atomic mass is 10.1. The highest BCUT2D eigenvalue weighted by molar-refractivity contribution is 9.10. The van der Waals surface area contributed by atoms with Crippen LogP contribution < -0.4 is 0 Å². The Morgan fingerprint density at radius 3 is 2.83 bits per heavy atom. The number of hydrogen-bond acceptors (Lipinski definition) is 2. The van der Waals surface area contributed by atoms with Gasteiger partial charge in [-0.2, -0.15) is 0 Å². The van der Waals surface area contributed by atoms with Crippen LogP contribution in [0.1, 0.15) is 17.2 Å². The molecule has 1 aromatic carbocycles. The quantitative estimate of drug-likeness (QED) is 0.705. The van der Waals surface area contributed by atoms with E-state index in [9.17, 15) is 10.2 Å². The van der Waals surface area contributed by atoms with Crippen molar-refractivity contribution in [2.45, 2.75) is 18.6 Å². The number of aliphatic hydroxyl groups excluding tert-OH is 2. The number of fused-ring (bicyclic) bond motifs is 1. The fraction of sp³-hybridized carbons (Fsp3) is 0.333. The molecule has 0 fully saturated rings. The molecule has 12 heavy (non-hydrogen) atoms. The van der Waals surface area contributed by atoms with Gasteiger partial charge in [0.05, 0.1) is 6.10 Å². The molecule has 1 aliphatic carbocycles. The molecule has 0 amide bonds. The molecule has 1 aromatic rings. The summed E-state index contributed by atoms with van der Waals surface area (Å²) in [6.45, 7) is 0. The molecule has 2 atom stereocenters. The largest absolute Gasteiger partial charge is 0.390 e. The molecular weight excluding hydrogens is 220 g/mol. The van der Waals surface area contributed by atoms with Crippen LogP contribution in [0.5, 0.6) is 0 Å². The molecule has 0 radical (unpaired) electrons. The normalized spacial score (nSPS) is 27.2. The molecule has 0 spiro atoms. The predicted molar refractivity (Wildman–Crippen MR) is 48.8 cm³/mol. The first kappa shape index (κ1) is 8.23. The SMILES string of the molecule is O[C@@H]1Cc2cc(Br)ccc2[C@H]1O. The molecule has 3 heteroatoms. The van der Waals surface area contributed by atoms with Gasteiger partial charge >= 0.3 is 0 Å². The van der Waals surface area contributed by atoms with E-state index in [0.717, 1.165) is 15.6 Å². The van der Waals surface area contributed by atoms with E-state index < -0.39 is 12.2 Å². The van der Waals surface area contributed by atoms with E-state index in [1.807, 2.05) is 18.2 Å². The summed E-state index contributed by atoms with van der Waals surface area (Å²) in [4.78, 5) is 0. The monoisotopic (exact) mass is 228 g/mol. The highest BCUT2D eigenvalue weighted by Crippen LogP contribution is 2.32. The van der Waals surface area contributed by atoms with Crippen LogP contribution in [0.2, 0.25) is 0 Å². The molecule has 2 N–H and O–H groups in total. The zero-order valence-electron chi connectivity index (χ0n) is 6.37. The van der Waals surface area contributed by atoms with Crippen LogP contribution in [-0.2, 0) is 6.42 Å². The Kier molecular flexibility index (Phi) is 1.94. The van der Waals surface area contributed by atoms with E-state index in [2.05, 4.69) is 15.9 Å². The van der Waals surface area contributed by atoms with E-state index in [0.29, 0.717) is 6.42 Å². The average molecular weight is 229 g/mol. The van der Waals surface area contributed by atoms with Gasteiger partial charge in [-0.25, -0.2) is 0 Å². The Hall–Kier alpha value is -0.380. The Morgan fingerprint density at radius 2 is 2.08 bits per heavy atom. The lowest BCUT2D eigenvalue weighted by Gasteiger charge is -2.06. The number of benzene rings is 1. The smallest absolute Gasteiger partial charge is 0.105 e. The second kappa shape index (κ2) is 2.83. The fourth-order valence-electron chi connectivity index (χ4n) is 1.58. The molecule has 1 aliphatic rings. The van der Waals surface area contributed by atoms with Gasteiger partial charge in [0.15, 0.2) is 0 Å². The van der Waals surface area contributed by atoms with Crippen LogP contribution in [-0.4, -0.2) is 16.3 Å². The van der Waals surface area contributed by atoms with Gasteiger partial charge in [0.25, 0.3) is 0 Å². The molecule has 0 saturated heterocycles. The van der Waals surface area contributed by atoms with Gasteiger partial charge in [0, 0.05) is 10.9 Å². The maximum Gasteiger partial charge on any atom is 0.105 e. The lowest BCUT2D eigenvalue weighted by Crippen LogP contribution is -2.11. The topological polar surface area (TPSA) is 40.5 Å². The maximum absolute atomic E-state index is 9.48. The standard InChI is InChI=1S/C9H9BrO2/c10-6-1-2-7-5(3-6)4-8(11)9(7)12/h1-3,8-9,11-12H,4H2/t8-,9-/m1/s1. The zero-order chi connectivity index (χ0) is 8.72. The number of halogens is 1. The minimum atomic E-state index is -0.701. The highest BCUT2D eigenvalue weighted by Gasteiger charge is 2.28. The first-order valence-electron chi connectivity index (χ1n) is 3.83. The van der Waals surface area contributed by atoms with Crippen molar-refractivity contribution in [1.82, 2.24) is 0 Å². The van der Waals surface area contributed by atoms with Crippen molar-refractivity contribution in [2.75, 3.05) is 0 Å². The van der Waals surface area contributed by atoms with E-state index in [1.165, 1.54) is 0 Å². The highest BCUT2D eigenvalue weighted by atomic mass is 79.9. The molecule has 0 aliphatic heterocycles. The van der Waals surface area contributed by atoms with Crippen LogP contribution >= 0.6 is 15.9 Å². The van der Waals surface area contributed by atoms with Gasteiger partial charge in [0.1, 0.15) is 6.10 Å². The third kappa shape index (κ3) is 1.18. The fourth-order valence-corrected chi connectivity index (χ4v) is 1.99. The Labute approximate surface area is 79.0 Å². The van der Waals surface area contributed by atoms with Crippen LogP contribution in [0.4, 0.5) is 0 Å². The van der Waals surface area contributed by atoms with Crippen molar-refractivity contribution in [3.63, 3.8) is 0 Å². The van der Waals surface area contributed by atoms with Crippen LogP contribution in [0.15, 0.2) is 22.7 Å². The summed E-state index contributed by atoms with van der Waals surface area (Å²) in [6, 6.07) is 5.66. The summed E-state index contributed by atoms with van der Waals surface area (Å²) in [6.07, 6.45) is -0.780. The third-order valence-corrected chi connectivity index (χ3v) is 2.71. The first-order chi connectivity index (χ1) is 5.68. The molecule has 2 nitrogen and oxygen atoms in total. The van der Waals surface area contributed by atoms with Crippen molar-refractivity contribution in [2.24, 2.45) is 0 Å². The van der Waals surface area contributed by atoms with Gasteiger partial charge < -0.3 is 10.2 Å². The maximum atomic E-state index is 9.48. The molecule has 0 bridgehead atoms. The molecular formula is C9H9BrO2. The third-order valence-electron chi connectivity index (χ3n) is 2.22. The molecule has 2 rings (SSSR count). The molecule has 64 valence electrons. The summed E-state index contributed by atoms with van der Waals surface area (Å²) >= 11 is 3.34. The Balaban J connectivity index is 2.47. The summed E-state index contributed by atoms with van der Waals surface area (Å²) < 4.78 is 0.988. The van der Waals surface area contributed by atoms with Gasteiger partial charge in [-0.3, -0.25) is 0 Å². The second-order valence-corrected chi connectivity index (χ2v) is 3.98. The van der Waals surface area contributed by atoms with Crippen molar-refractivity contribution < 1.29 is 10.2 Å². The lowest BCUT2D eigenvalue weighted by molar-refractivity contribution is 0.0326.